The van der Waals surface area contributed by atoms with Gasteiger partial charge in [-0.05, 0) is 12.1 Å². The number of guanidine groups is 1. The third-order valence-corrected chi connectivity index (χ3v) is 1.77. The highest BCUT2D eigenvalue weighted by molar-refractivity contribution is 5.84. The second kappa shape index (κ2) is 4.87. The summed E-state index contributed by atoms with van der Waals surface area (Å²) in [4.78, 5) is 0.0406. The van der Waals surface area contributed by atoms with Crippen LogP contribution in [0, 0.1) is 5.21 Å². The smallest absolute Gasteiger partial charge is 0.366 e. The number of hydrazone groups is 1. The standard InChI is InChI=1S/C9H12N4O3/c1-16-7-4-2-3-6(8(7)14)5-12-13(15)9(10)11/h2-5,14H,10-11H2,1H3. The number of benzene rings is 1. The van der Waals surface area contributed by atoms with Crippen LogP contribution < -0.4 is 16.2 Å². The zero-order valence-electron chi connectivity index (χ0n) is 8.62. The Kier molecular flexibility index (Phi) is 3.54. The maximum Gasteiger partial charge on any atom is 0.366 e. The topological polar surface area (TPSA) is 120 Å². The lowest BCUT2D eigenvalue weighted by Gasteiger charge is -2.06. The largest absolute Gasteiger partial charge is 0.722 e. The number of nitrogens with two attached hydrogens (primary N) is 2. The lowest BCUT2D eigenvalue weighted by Crippen LogP contribution is -2.30. The fourth-order valence-electron chi connectivity index (χ4n) is 0.990. The van der Waals surface area contributed by atoms with Crippen molar-refractivity contribution in [1.82, 2.24) is 0 Å². The van der Waals surface area contributed by atoms with Crippen LogP contribution in [0.25, 0.3) is 0 Å². The predicted molar refractivity (Wildman–Crippen MR) is 59.3 cm³/mol. The Labute approximate surface area is 91.8 Å². The third kappa shape index (κ3) is 2.53. The van der Waals surface area contributed by atoms with Crippen LogP contribution in [0.2, 0.25) is 0 Å². The molecule has 0 fully saturated rings. The maximum absolute atomic E-state index is 10.9. The normalized spacial score (nSPS) is 10.3. The summed E-state index contributed by atoms with van der Waals surface area (Å²) in [7, 11) is 1.42. The first kappa shape index (κ1) is 11.6. The van der Waals surface area contributed by atoms with Gasteiger partial charge in [-0.1, -0.05) is 6.07 Å². The molecule has 0 heterocycles. The molecule has 1 aromatic carbocycles. The van der Waals surface area contributed by atoms with Gasteiger partial charge in [0.15, 0.2) is 11.5 Å². The van der Waals surface area contributed by atoms with E-state index in [0.29, 0.717) is 5.56 Å². The number of nitrogens with zero attached hydrogens (tertiary/aromatic N) is 2. The minimum atomic E-state index is -0.487. The van der Waals surface area contributed by atoms with E-state index in [1.807, 2.05) is 0 Å². The number of para-hydroxylation sites is 1. The van der Waals surface area contributed by atoms with Gasteiger partial charge < -0.3 is 15.1 Å². The molecule has 0 unspecified atom stereocenters. The van der Waals surface area contributed by atoms with Crippen LogP contribution in [0.4, 0.5) is 0 Å². The number of hydrogen-bond donors (Lipinski definition) is 3. The van der Waals surface area contributed by atoms with Crippen LogP contribution in [0.15, 0.2) is 23.3 Å². The SMILES string of the molecule is COc1cccc(C=N[N+]([O-])=C(N)N)c1O. The van der Waals surface area contributed by atoms with Crippen LogP contribution in [0.5, 0.6) is 11.5 Å². The first-order valence-corrected chi connectivity index (χ1v) is 4.31. The molecule has 0 aliphatic carbocycles. The first-order valence-electron chi connectivity index (χ1n) is 4.31. The molecule has 16 heavy (non-hydrogen) atoms. The molecular weight excluding hydrogens is 212 g/mol. The van der Waals surface area contributed by atoms with Crippen LogP contribution in [0.3, 0.4) is 0 Å². The van der Waals surface area contributed by atoms with Crippen molar-refractivity contribution in [3.05, 3.63) is 29.0 Å². The quantitative estimate of drug-likeness (QED) is 0.210. The summed E-state index contributed by atoms with van der Waals surface area (Å²) in [5.74, 6) is -0.317. The van der Waals surface area contributed by atoms with Gasteiger partial charge in [-0.3, -0.25) is 11.5 Å². The van der Waals surface area contributed by atoms with Crippen molar-refractivity contribution in [3.63, 3.8) is 0 Å². The van der Waals surface area contributed by atoms with Crippen LogP contribution >= 0.6 is 0 Å². The number of phenolic OH excluding ortho intramolecular Hbond substituents is 1. The number of methoxy groups -OCH3 is 1. The Morgan fingerprint density at radius 3 is 2.81 bits per heavy atom. The monoisotopic (exact) mass is 224 g/mol. The summed E-state index contributed by atoms with van der Waals surface area (Å²) in [6, 6.07) is 4.78. The number of hydrogen-bond acceptors (Lipinski definition) is 4. The average molecular weight is 224 g/mol. The molecule has 0 aromatic heterocycles. The molecule has 7 heteroatoms. The average Bonchev–Trinajstić information content (AvgIpc) is 2.27. The molecule has 5 N–H and O–H groups in total. The Morgan fingerprint density at radius 1 is 1.56 bits per heavy atom. The molecule has 0 aliphatic rings. The lowest BCUT2D eigenvalue weighted by atomic mass is 10.2. The number of phenols is 1. The molecule has 0 bridgehead atoms. The van der Waals surface area contributed by atoms with Crippen molar-refractivity contribution in [3.8, 4) is 11.5 Å². The van der Waals surface area contributed by atoms with E-state index in [0.717, 1.165) is 6.21 Å². The van der Waals surface area contributed by atoms with E-state index >= 15 is 0 Å². The second-order valence-corrected chi connectivity index (χ2v) is 2.84. The molecule has 0 spiro atoms. The molecule has 0 atom stereocenters. The number of aromatic hydroxyl groups is 1. The second-order valence-electron chi connectivity index (χ2n) is 2.84. The van der Waals surface area contributed by atoms with Crippen molar-refractivity contribution in [2.75, 3.05) is 7.11 Å². The van der Waals surface area contributed by atoms with E-state index in [1.165, 1.54) is 7.11 Å². The van der Waals surface area contributed by atoms with Gasteiger partial charge in [-0.15, -0.1) is 9.95 Å². The maximum atomic E-state index is 10.9. The fraction of sp³-hybridized carbons (Fsp3) is 0.111. The van der Waals surface area contributed by atoms with Crippen molar-refractivity contribution < 1.29 is 14.7 Å². The molecule has 0 amide bonds. The number of rotatable bonds is 3. The highest BCUT2D eigenvalue weighted by Gasteiger charge is 2.04. The van der Waals surface area contributed by atoms with Gasteiger partial charge in [0.2, 0.25) is 0 Å². The van der Waals surface area contributed by atoms with Gasteiger partial charge in [-0.25, -0.2) is 0 Å². The zero-order valence-corrected chi connectivity index (χ0v) is 8.62. The minimum Gasteiger partial charge on any atom is -0.722 e. The molecule has 7 nitrogen and oxygen atoms in total. The predicted octanol–water partition coefficient (Wildman–Crippen LogP) is -0.482. The molecule has 1 aromatic rings. The molecule has 0 aliphatic heterocycles. The third-order valence-electron chi connectivity index (χ3n) is 1.77. The van der Waals surface area contributed by atoms with E-state index in [9.17, 15) is 10.3 Å². The van der Waals surface area contributed by atoms with Crippen LogP contribution in [-0.2, 0) is 0 Å². The highest BCUT2D eigenvalue weighted by atomic mass is 16.5. The summed E-state index contributed by atoms with van der Waals surface area (Å²) in [6.45, 7) is 0. The lowest BCUT2D eigenvalue weighted by molar-refractivity contribution is -0.463. The molecule has 0 saturated carbocycles. The first-order chi connectivity index (χ1) is 7.56. The van der Waals surface area contributed by atoms with Crippen LogP contribution in [0.1, 0.15) is 5.56 Å². The molecule has 1 rings (SSSR count). The van der Waals surface area contributed by atoms with Crippen molar-refractivity contribution in [2.24, 2.45) is 16.6 Å². The minimum absolute atomic E-state index is 0.0406. The molecule has 86 valence electrons. The van der Waals surface area contributed by atoms with E-state index < -0.39 is 5.96 Å². The van der Waals surface area contributed by atoms with Gasteiger partial charge >= 0.3 is 5.96 Å². The zero-order chi connectivity index (χ0) is 12.1. The molecular formula is C9H12N4O3. The summed E-state index contributed by atoms with van der Waals surface area (Å²) in [6.07, 6.45) is 1.13. The number of ether oxygens (including phenoxy) is 1. The van der Waals surface area contributed by atoms with Crippen molar-refractivity contribution in [2.45, 2.75) is 0 Å². The summed E-state index contributed by atoms with van der Waals surface area (Å²) in [5, 5.41) is 23.9. The van der Waals surface area contributed by atoms with E-state index in [-0.39, 0.29) is 16.3 Å². The van der Waals surface area contributed by atoms with E-state index in [1.54, 1.807) is 18.2 Å². The van der Waals surface area contributed by atoms with E-state index in [2.05, 4.69) is 5.10 Å². The molecule has 0 radical (unpaired) electrons. The van der Waals surface area contributed by atoms with Crippen molar-refractivity contribution in [1.29, 1.82) is 0 Å². The van der Waals surface area contributed by atoms with Gasteiger partial charge in [0.1, 0.15) is 0 Å². The Balaban J connectivity index is 3.03. The Morgan fingerprint density at radius 2 is 2.25 bits per heavy atom. The van der Waals surface area contributed by atoms with Crippen LogP contribution in [-0.4, -0.2) is 29.2 Å². The Hall–Kier alpha value is -2.44. The van der Waals surface area contributed by atoms with Gasteiger partial charge in [-0.2, -0.15) is 0 Å². The summed E-state index contributed by atoms with van der Waals surface area (Å²) in [5.41, 5.74) is 10.3. The Bertz CT molecular complexity index is 438. The van der Waals surface area contributed by atoms with Crippen molar-refractivity contribution >= 4 is 12.2 Å². The van der Waals surface area contributed by atoms with E-state index in [4.69, 9.17) is 16.2 Å². The highest BCUT2D eigenvalue weighted by Crippen LogP contribution is 2.27. The fourth-order valence-corrected chi connectivity index (χ4v) is 0.990. The summed E-state index contributed by atoms with van der Waals surface area (Å²) < 4.78 is 4.88. The van der Waals surface area contributed by atoms with Gasteiger partial charge in [0.05, 0.1) is 13.3 Å². The molecule has 0 saturated heterocycles. The van der Waals surface area contributed by atoms with Gasteiger partial charge in [0.25, 0.3) is 0 Å². The van der Waals surface area contributed by atoms with Gasteiger partial charge in [0, 0.05) is 5.56 Å². The summed E-state index contributed by atoms with van der Waals surface area (Å²) >= 11 is 0.